The summed E-state index contributed by atoms with van der Waals surface area (Å²) in [5.74, 6) is -0.395. The van der Waals surface area contributed by atoms with Gasteiger partial charge in [-0.05, 0) is 19.1 Å². The second kappa shape index (κ2) is 5.96. The number of ether oxygens (including phenoxy) is 2. The van der Waals surface area contributed by atoms with Crippen molar-refractivity contribution < 1.29 is 27.4 Å². The molecule has 0 radical (unpaired) electrons. The van der Waals surface area contributed by atoms with Gasteiger partial charge in [-0.25, -0.2) is 4.79 Å². The van der Waals surface area contributed by atoms with Crippen LogP contribution in [0.25, 0.3) is 5.69 Å². The van der Waals surface area contributed by atoms with Crippen molar-refractivity contribution in [2.24, 2.45) is 5.73 Å². The van der Waals surface area contributed by atoms with E-state index in [1.807, 2.05) is 0 Å². The standard InChI is InChI=1S/C13H12F3N3O3/c1-8-10(21-7-13(14,15)16)18-19(11(8)22-12(17)20)9-5-3-2-4-6-9/h2-6H,7H2,1H3,(H2,17,20). The van der Waals surface area contributed by atoms with Gasteiger partial charge in [-0.15, -0.1) is 5.10 Å². The predicted molar refractivity (Wildman–Crippen MR) is 70.1 cm³/mol. The number of aromatic nitrogens is 2. The zero-order valence-corrected chi connectivity index (χ0v) is 11.4. The largest absolute Gasteiger partial charge is 0.467 e. The Bertz CT molecular complexity index is 668. The maximum atomic E-state index is 12.2. The summed E-state index contributed by atoms with van der Waals surface area (Å²) in [6.45, 7) is -0.0912. The molecule has 6 nitrogen and oxygen atoms in total. The summed E-state index contributed by atoms with van der Waals surface area (Å²) in [5.41, 5.74) is 5.58. The Kier molecular flexibility index (Phi) is 4.25. The van der Waals surface area contributed by atoms with E-state index in [-0.39, 0.29) is 17.3 Å². The van der Waals surface area contributed by atoms with Gasteiger partial charge in [-0.3, -0.25) is 0 Å². The monoisotopic (exact) mass is 315 g/mol. The maximum absolute atomic E-state index is 12.2. The van der Waals surface area contributed by atoms with Gasteiger partial charge in [-0.2, -0.15) is 17.9 Å². The molecule has 9 heteroatoms. The Morgan fingerprint density at radius 3 is 2.50 bits per heavy atom. The van der Waals surface area contributed by atoms with Crippen molar-refractivity contribution in [2.45, 2.75) is 13.1 Å². The van der Waals surface area contributed by atoms with E-state index in [1.165, 1.54) is 6.92 Å². The van der Waals surface area contributed by atoms with Crippen LogP contribution in [-0.4, -0.2) is 28.7 Å². The zero-order valence-electron chi connectivity index (χ0n) is 11.4. The number of para-hydroxylation sites is 1. The predicted octanol–water partition coefficient (Wildman–Crippen LogP) is 2.58. The number of halogens is 3. The van der Waals surface area contributed by atoms with E-state index in [0.717, 1.165) is 4.68 Å². The molecule has 1 amide bonds. The van der Waals surface area contributed by atoms with Crippen molar-refractivity contribution >= 4 is 6.09 Å². The number of hydrogen-bond donors (Lipinski definition) is 1. The third-order valence-corrected chi connectivity index (χ3v) is 2.60. The van der Waals surface area contributed by atoms with Crippen molar-refractivity contribution in [2.75, 3.05) is 6.61 Å². The lowest BCUT2D eigenvalue weighted by molar-refractivity contribution is -0.154. The Morgan fingerprint density at radius 1 is 1.32 bits per heavy atom. The lowest BCUT2D eigenvalue weighted by atomic mass is 10.3. The molecule has 0 aliphatic heterocycles. The number of carbonyl (C=O) groups excluding carboxylic acids is 1. The van der Waals surface area contributed by atoms with Crippen LogP contribution in [0.4, 0.5) is 18.0 Å². The van der Waals surface area contributed by atoms with Gasteiger partial charge in [-0.1, -0.05) is 18.2 Å². The summed E-state index contributed by atoms with van der Waals surface area (Å²) in [4.78, 5) is 11.0. The quantitative estimate of drug-likeness (QED) is 0.940. The fourth-order valence-electron chi connectivity index (χ4n) is 1.71. The molecule has 0 fully saturated rings. The number of nitrogens with zero attached hydrogens (tertiary/aromatic N) is 2. The molecule has 1 heterocycles. The Morgan fingerprint density at radius 2 is 1.95 bits per heavy atom. The lowest BCUT2D eigenvalue weighted by Gasteiger charge is -2.06. The molecule has 0 spiro atoms. The first-order valence-electron chi connectivity index (χ1n) is 6.10. The number of rotatable bonds is 4. The van der Waals surface area contributed by atoms with Crippen LogP contribution in [0.15, 0.2) is 30.3 Å². The minimum Gasteiger partial charge on any atom is -0.467 e. The summed E-state index contributed by atoms with van der Waals surface area (Å²) in [5, 5.41) is 3.90. The lowest BCUT2D eigenvalue weighted by Crippen LogP contribution is -2.19. The van der Waals surface area contributed by atoms with Gasteiger partial charge in [0.2, 0.25) is 11.8 Å². The third kappa shape index (κ3) is 3.68. The number of primary amides is 1. The first kappa shape index (κ1) is 15.7. The van der Waals surface area contributed by atoms with Crippen molar-refractivity contribution in [1.82, 2.24) is 9.78 Å². The molecule has 0 bridgehead atoms. The van der Waals surface area contributed by atoms with Crippen LogP contribution >= 0.6 is 0 Å². The first-order chi connectivity index (χ1) is 10.3. The molecular formula is C13H12F3N3O3. The van der Waals surface area contributed by atoms with Crippen LogP contribution in [0.1, 0.15) is 5.56 Å². The number of benzene rings is 1. The molecule has 0 aliphatic carbocycles. The van der Waals surface area contributed by atoms with Crippen LogP contribution in [0.3, 0.4) is 0 Å². The zero-order chi connectivity index (χ0) is 16.3. The summed E-state index contributed by atoms with van der Waals surface area (Å²) >= 11 is 0. The Labute approximate surface area is 123 Å². The SMILES string of the molecule is Cc1c(OCC(F)(F)F)nn(-c2ccccc2)c1OC(N)=O. The van der Waals surface area contributed by atoms with Crippen LogP contribution < -0.4 is 15.2 Å². The smallest absolute Gasteiger partial charge is 0.422 e. The van der Waals surface area contributed by atoms with Crippen LogP contribution in [0.5, 0.6) is 11.8 Å². The Balaban J connectivity index is 2.41. The van der Waals surface area contributed by atoms with E-state index >= 15 is 0 Å². The third-order valence-electron chi connectivity index (χ3n) is 2.60. The van der Waals surface area contributed by atoms with Crippen molar-refractivity contribution in [3.8, 4) is 17.4 Å². The van der Waals surface area contributed by atoms with Gasteiger partial charge in [0.1, 0.15) is 0 Å². The van der Waals surface area contributed by atoms with Crippen molar-refractivity contribution in [3.05, 3.63) is 35.9 Å². The second-order valence-corrected chi connectivity index (χ2v) is 4.31. The molecule has 0 atom stereocenters. The normalized spacial score (nSPS) is 11.3. The van der Waals surface area contributed by atoms with Crippen LogP contribution in [0.2, 0.25) is 0 Å². The molecule has 1 aromatic carbocycles. The minimum absolute atomic E-state index is 0.101. The highest BCUT2D eigenvalue weighted by Crippen LogP contribution is 2.31. The molecule has 1 aromatic heterocycles. The highest BCUT2D eigenvalue weighted by atomic mass is 19.4. The van der Waals surface area contributed by atoms with Crippen molar-refractivity contribution in [3.63, 3.8) is 0 Å². The Hall–Kier alpha value is -2.71. The van der Waals surface area contributed by atoms with Gasteiger partial charge < -0.3 is 15.2 Å². The number of carbonyl (C=O) groups is 1. The summed E-state index contributed by atoms with van der Waals surface area (Å²) in [6, 6.07) is 8.39. The minimum atomic E-state index is -4.51. The molecule has 2 rings (SSSR count). The molecule has 118 valence electrons. The van der Waals surface area contributed by atoms with Gasteiger partial charge in [0, 0.05) is 0 Å². The van der Waals surface area contributed by atoms with E-state index in [1.54, 1.807) is 30.3 Å². The van der Waals surface area contributed by atoms with Gasteiger partial charge in [0.25, 0.3) is 0 Å². The highest BCUT2D eigenvalue weighted by molar-refractivity contribution is 5.68. The van der Waals surface area contributed by atoms with E-state index in [9.17, 15) is 18.0 Å². The van der Waals surface area contributed by atoms with Gasteiger partial charge >= 0.3 is 12.3 Å². The molecule has 0 saturated heterocycles. The fourth-order valence-corrected chi connectivity index (χ4v) is 1.71. The summed E-state index contributed by atoms with van der Waals surface area (Å²) in [7, 11) is 0. The van der Waals surface area contributed by atoms with Crippen molar-refractivity contribution in [1.29, 1.82) is 0 Å². The first-order valence-corrected chi connectivity index (χ1v) is 6.10. The average molecular weight is 315 g/mol. The summed E-state index contributed by atoms with van der Waals surface area (Å²) < 4.78 is 47.3. The van der Waals surface area contributed by atoms with E-state index < -0.39 is 18.9 Å². The molecule has 0 aliphatic rings. The van der Waals surface area contributed by atoms with Crippen LogP contribution in [0, 0.1) is 6.92 Å². The topological polar surface area (TPSA) is 79.4 Å². The summed E-state index contributed by atoms with van der Waals surface area (Å²) in [6.07, 6.45) is -5.62. The number of amides is 1. The number of alkyl halides is 3. The van der Waals surface area contributed by atoms with Crippen LogP contribution in [-0.2, 0) is 0 Å². The maximum Gasteiger partial charge on any atom is 0.422 e. The van der Waals surface area contributed by atoms with E-state index in [0.29, 0.717) is 5.69 Å². The highest BCUT2D eigenvalue weighted by Gasteiger charge is 2.30. The average Bonchev–Trinajstić information content (AvgIpc) is 2.74. The van der Waals surface area contributed by atoms with Gasteiger partial charge in [0.15, 0.2) is 6.61 Å². The molecule has 2 aromatic rings. The molecule has 2 N–H and O–H groups in total. The van der Waals surface area contributed by atoms with E-state index in [4.69, 9.17) is 10.5 Å². The number of nitrogens with two attached hydrogens (primary N) is 1. The van der Waals surface area contributed by atoms with Gasteiger partial charge in [0.05, 0.1) is 11.3 Å². The fraction of sp³-hybridized carbons (Fsp3) is 0.231. The van der Waals surface area contributed by atoms with E-state index in [2.05, 4.69) is 9.84 Å². The molecular weight excluding hydrogens is 303 g/mol. The molecule has 22 heavy (non-hydrogen) atoms. The second-order valence-electron chi connectivity index (χ2n) is 4.31. The molecule has 0 saturated carbocycles. The molecule has 0 unspecified atom stereocenters. The number of hydrogen-bond acceptors (Lipinski definition) is 4.